The van der Waals surface area contributed by atoms with E-state index >= 15 is 0 Å². The van der Waals surface area contributed by atoms with Crippen LogP contribution in [0, 0.1) is 0 Å². The molecule has 0 aromatic heterocycles. The van der Waals surface area contributed by atoms with Crippen molar-refractivity contribution in [1.82, 2.24) is 15.3 Å². The molecule has 1 aliphatic heterocycles. The fraction of sp³-hybridized carbons (Fsp3) is 0.600. The molecule has 1 aliphatic rings. The molecule has 0 bridgehead atoms. The highest BCUT2D eigenvalue weighted by atomic mass is 15.5. The van der Waals surface area contributed by atoms with Crippen LogP contribution in [0.25, 0.3) is 0 Å². The molecular formula is C15H25N3. The van der Waals surface area contributed by atoms with Crippen molar-refractivity contribution in [2.45, 2.75) is 26.3 Å². The number of nitrogens with zero attached hydrogens (tertiary/aromatic N) is 2. The Bertz CT molecular complexity index is 351. The summed E-state index contributed by atoms with van der Waals surface area (Å²) in [5.41, 5.74) is 6.29. The number of nitrogens with one attached hydrogen (secondary N) is 1. The molecule has 1 aromatic carbocycles. The van der Waals surface area contributed by atoms with Crippen LogP contribution in [0.4, 0.5) is 0 Å². The van der Waals surface area contributed by atoms with E-state index in [-0.39, 0.29) is 0 Å². The lowest BCUT2D eigenvalue weighted by molar-refractivity contribution is 0.102. The summed E-state index contributed by atoms with van der Waals surface area (Å²) in [6.07, 6.45) is 0. The van der Waals surface area contributed by atoms with E-state index in [1.54, 1.807) is 0 Å². The standard InChI is InChI=1S/C15H25N3/c1-13(2)15-6-4-14(5-7-15)12-16-18-10-8-17(3)9-11-18/h4-7,13,16H,8-12H2,1-3H3. The van der Waals surface area contributed by atoms with Crippen LogP contribution in [0.15, 0.2) is 24.3 Å². The first kappa shape index (κ1) is 13.5. The Morgan fingerprint density at radius 1 is 1.06 bits per heavy atom. The third-order valence-corrected chi connectivity index (χ3v) is 3.66. The Morgan fingerprint density at radius 2 is 1.67 bits per heavy atom. The van der Waals surface area contributed by atoms with Crippen LogP contribution >= 0.6 is 0 Å². The second-order valence-electron chi connectivity index (χ2n) is 5.52. The van der Waals surface area contributed by atoms with E-state index in [2.05, 4.69) is 60.5 Å². The smallest absolute Gasteiger partial charge is 0.0353 e. The molecule has 1 aromatic rings. The molecule has 1 N–H and O–H groups in total. The Morgan fingerprint density at radius 3 is 2.22 bits per heavy atom. The fourth-order valence-corrected chi connectivity index (χ4v) is 2.19. The lowest BCUT2D eigenvalue weighted by Gasteiger charge is -2.32. The Kier molecular flexibility index (Phi) is 4.75. The van der Waals surface area contributed by atoms with Crippen molar-refractivity contribution >= 4 is 0 Å². The number of hydrogen-bond donors (Lipinski definition) is 1. The molecule has 2 rings (SSSR count). The summed E-state index contributed by atoms with van der Waals surface area (Å²) in [7, 11) is 2.18. The third kappa shape index (κ3) is 3.80. The van der Waals surface area contributed by atoms with E-state index < -0.39 is 0 Å². The molecule has 0 radical (unpaired) electrons. The maximum absolute atomic E-state index is 3.51. The topological polar surface area (TPSA) is 18.5 Å². The van der Waals surface area contributed by atoms with E-state index in [1.807, 2.05) is 0 Å². The lowest BCUT2D eigenvalue weighted by Crippen LogP contribution is -2.50. The van der Waals surface area contributed by atoms with E-state index in [0.717, 1.165) is 32.7 Å². The third-order valence-electron chi connectivity index (χ3n) is 3.66. The quantitative estimate of drug-likeness (QED) is 0.878. The highest BCUT2D eigenvalue weighted by Crippen LogP contribution is 2.14. The molecule has 0 atom stereocenters. The van der Waals surface area contributed by atoms with Gasteiger partial charge in [0.15, 0.2) is 0 Å². The average molecular weight is 247 g/mol. The van der Waals surface area contributed by atoms with Crippen LogP contribution in [0.1, 0.15) is 30.9 Å². The zero-order valence-corrected chi connectivity index (χ0v) is 11.8. The lowest BCUT2D eigenvalue weighted by atomic mass is 10.0. The minimum atomic E-state index is 0.615. The number of rotatable bonds is 4. The second kappa shape index (κ2) is 6.32. The molecule has 1 heterocycles. The monoisotopic (exact) mass is 247 g/mol. The van der Waals surface area contributed by atoms with Gasteiger partial charge in [0.2, 0.25) is 0 Å². The first-order valence-electron chi connectivity index (χ1n) is 6.91. The first-order chi connectivity index (χ1) is 8.65. The van der Waals surface area contributed by atoms with E-state index in [9.17, 15) is 0 Å². The van der Waals surface area contributed by atoms with Crippen molar-refractivity contribution in [2.24, 2.45) is 0 Å². The maximum atomic E-state index is 3.51. The van der Waals surface area contributed by atoms with E-state index in [0.29, 0.717) is 5.92 Å². The van der Waals surface area contributed by atoms with E-state index in [4.69, 9.17) is 0 Å². The van der Waals surface area contributed by atoms with Gasteiger partial charge in [-0.15, -0.1) is 0 Å². The summed E-state index contributed by atoms with van der Waals surface area (Å²) in [6, 6.07) is 8.95. The Hall–Kier alpha value is -0.900. The predicted octanol–water partition coefficient (Wildman–Crippen LogP) is 2.06. The van der Waals surface area contributed by atoms with Crippen molar-refractivity contribution in [3.8, 4) is 0 Å². The molecule has 0 saturated carbocycles. The van der Waals surface area contributed by atoms with Gasteiger partial charge in [0, 0.05) is 32.7 Å². The molecule has 1 fully saturated rings. The molecular weight excluding hydrogens is 222 g/mol. The van der Waals surface area contributed by atoms with Crippen LogP contribution in [0.3, 0.4) is 0 Å². The van der Waals surface area contributed by atoms with Crippen LogP contribution in [0.5, 0.6) is 0 Å². The van der Waals surface area contributed by atoms with Gasteiger partial charge in [0.25, 0.3) is 0 Å². The summed E-state index contributed by atoms with van der Waals surface area (Å²) in [5, 5.41) is 2.33. The Balaban J connectivity index is 1.79. The van der Waals surface area contributed by atoms with Gasteiger partial charge < -0.3 is 4.90 Å². The first-order valence-corrected chi connectivity index (χ1v) is 6.91. The van der Waals surface area contributed by atoms with Gasteiger partial charge in [0.1, 0.15) is 0 Å². The van der Waals surface area contributed by atoms with Crippen molar-refractivity contribution in [2.75, 3.05) is 33.2 Å². The highest BCUT2D eigenvalue weighted by Gasteiger charge is 2.12. The normalized spacial score (nSPS) is 18.4. The zero-order valence-electron chi connectivity index (χ0n) is 11.8. The molecule has 3 heteroatoms. The molecule has 0 amide bonds. The van der Waals surface area contributed by atoms with Gasteiger partial charge in [-0.2, -0.15) is 0 Å². The summed E-state index contributed by atoms with van der Waals surface area (Å²) < 4.78 is 0. The highest BCUT2D eigenvalue weighted by molar-refractivity contribution is 5.24. The van der Waals surface area contributed by atoms with Gasteiger partial charge in [-0.05, 0) is 24.1 Å². The average Bonchev–Trinajstić information content (AvgIpc) is 2.38. The van der Waals surface area contributed by atoms with E-state index in [1.165, 1.54) is 11.1 Å². The number of piperazine rings is 1. The van der Waals surface area contributed by atoms with Crippen LogP contribution < -0.4 is 5.43 Å². The van der Waals surface area contributed by atoms with Crippen molar-refractivity contribution in [1.29, 1.82) is 0 Å². The molecule has 18 heavy (non-hydrogen) atoms. The number of benzene rings is 1. The predicted molar refractivity (Wildman–Crippen MR) is 76.4 cm³/mol. The van der Waals surface area contributed by atoms with Crippen LogP contribution in [-0.2, 0) is 6.54 Å². The fourth-order valence-electron chi connectivity index (χ4n) is 2.19. The van der Waals surface area contributed by atoms with Gasteiger partial charge in [-0.1, -0.05) is 38.1 Å². The van der Waals surface area contributed by atoms with Crippen molar-refractivity contribution < 1.29 is 0 Å². The summed E-state index contributed by atoms with van der Waals surface area (Å²) in [6.45, 7) is 9.93. The molecule has 3 nitrogen and oxygen atoms in total. The Labute approximate surface area is 111 Å². The number of hydrogen-bond acceptors (Lipinski definition) is 3. The minimum Gasteiger partial charge on any atom is -0.304 e. The molecule has 1 saturated heterocycles. The van der Waals surface area contributed by atoms with Crippen LogP contribution in [-0.4, -0.2) is 43.1 Å². The molecule has 0 spiro atoms. The second-order valence-corrected chi connectivity index (χ2v) is 5.52. The van der Waals surface area contributed by atoms with Gasteiger partial charge in [0.05, 0.1) is 0 Å². The van der Waals surface area contributed by atoms with Crippen molar-refractivity contribution in [3.05, 3.63) is 35.4 Å². The van der Waals surface area contributed by atoms with Crippen molar-refractivity contribution in [3.63, 3.8) is 0 Å². The molecule has 0 aliphatic carbocycles. The summed E-state index contributed by atoms with van der Waals surface area (Å²) in [5.74, 6) is 0.615. The number of likely N-dealkylation sites (N-methyl/N-ethyl adjacent to an activating group) is 1. The van der Waals surface area contributed by atoms with Gasteiger partial charge in [-0.25, -0.2) is 5.01 Å². The van der Waals surface area contributed by atoms with Gasteiger partial charge >= 0.3 is 0 Å². The minimum absolute atomic E-state index is 0.615. The summed E-state index contributed by atoms with van der Waals surface area (Å²) >= 11 is 0. The van der Waals surface area contributed by atoms with Gasteiger partial charge in [-0.3, -0.25) is 5.43 Å². The molecule has 100 valence electrons. The van der Waals surface area contributed by atoms with Crippen LogP contribution in [0.2, 0.25) is 0 Å². The molecule has 0 unspecified atom stereocenters. The number of hydrazine groups is 1. The maximum Gasteiger partial charge on any atom is 0.0353 e. The summed E-state index contributed by atoms with van der Waals surface area (Å²) in [4.78, 5) is 2.37. The zero-order chi connectivity index (χ0) is 13.0. The SMILES string of the molecule is CC(C)c1ccc(CNN2CCN(C)CC2)cc1. The largest absolute Gasteiger partial charge is 0.304 e.